The zero-order valence-corrected chi connectivity index (χ0v) is 10.6. The number of aromatic nitrogens is 2. The van der Waals surface area contributed by atoms with Crippen LogP contribution >= 0.6 is 15.9 Å². The van der Waals surface area contributed by atoms with Gasteiger partial charge < -0.3 is 10.1 Å². The number of esters is 1. The molecule has 1 aromatic rings. The molecule has 0 aromatic carbocycles. The highest BCUT2D eigenvalue weighted by Gasteiger charge is 2.10. The summed E-state index contributed by atoms with van der Waals surface area (Å²) in [5.41, 5.74) is 1.95. The highest BCUT2D eigenvalue weighted by atomic mass is 79.9. The van der Waals surface area contributed by atoms with E-state index in [4.69, 9.17) is 0 Å². The van der Waals surface area contributed by atoms with Gasteiger partial charge in [-0.3, -0.25) is 9.48 Å². The van der Waals surface area contributed by atoms with E-state index in [1.807, 2.05) is 14.0 Å². The molecule has 15 heavy (non-hydrogen) atoms. The van der Waals surface area contributed by atoms with Gasteiger partial charge in [-0.05, 0) is 22.9 Å². The van der Waals surface area contributed by atoms with Crippen molar-refractivity contribution in [1.29, 1.82) is 0 Å². The average molecular weight is 276 g/mol. The van der Waals surface area contributed by atoms with Crippen molar-refractivity contribution in [3.05, 3.63) is 15.9 Å². The summed E-state index contributed by atoms with van der Waals surface area (Å²) in [6.07, 6.45) is 0. The molecule has 1 aromatic heterocycles. The van der Waals surface area contributed by atoms with E-state index in [0.717, 1.165) is 15.9 Å². The van der Waals surface area contributed by atoms with Crippen LogP contribution in [0.15, 0.2) is 4.47 Å². The predicted molar refractivity (Wildman–Crippen MR) is 59.4 cm³/mol. The molecule has 5 nitrogen and oxygen atoms in total. The summed E-state index contributed by atoms with van der Waals surface area (Å²) in [7, 11) is 3.24. The van der Waals surface area contributed by atoms with Gasteiger partial charge in [-0.15, -0.1) is 0 Å². The molecule has 6 heteroatoms. The van der Waals surface area contributed by atoms with Gasteiger partial charge in [0.25, 0.3) is 0 Å². The van der Waals surface area contributed by atoms with Crippen LogP contribution in [0.5, 0.6) is 0 Å². The fourth-order valence-electron chi connectivity index (χ4n) is 1.23. The van der Waals surface area contributed by atoms with Gasteiger partial charge in [0, 0.05) is 13.6 Å². The van der Waals surface area contributed by atoms with Crippen LogP contribution in [-0.2, 0) is 23.1 Å². The van der Waals surface area contributed by atoms with Crippen LogP contribution in [0.1, 0.15) is 11.4 Å². The summed E-state index contributed by atoms with van der Waals surface area (Å²) in [6, 6.07) is 0. The van der Waals surface area contributed by atoms with E-state index in [1.54, 1.807) is 4.68 Å². The Morgan fingerprint density at radius 3 is 2.80 bits per heavy atom. The fraction of sp³-hybridized carbons (Fsp3) is 0.556. The number of hydrogen-bond donors (Lipinski definition) is 1. The topological polar surface area (TPSA) is 56.1 Å². The normalized spacial score (nSPS) is 10.4. The highest BCUT2D eigenvalue weighted by molar-refractivity contribution is 9.10. The lowest BCUT2D eigenvalue weighted by molar-refractivity contribution is -0.139. The van der Waals surface area contributed by atoms with Crippen LogP contribution in [0.3, 0.4) is 0 Å². The van der Waals surface area contributed by atoms with E-state index in [9.17, 15) is 4.79 Å². The number of aryl methyl sites for hydroxylation is 2. The van der Waals surface area contributed by atoms with Gasteiger partial charge in [-0.1, -0.05) is 0 Å². The molecule has 1 N–H and O–H groups in total. The first-order valence-electron chi connectivity index (χ1n) is 4.51. The number of hydrogen-bond acceptors (Lipinski definition) is 4. The van der Waals surface area contributed by atoms with Gasteiger partial charge in [-0.2, -0.15) is 5.10 Å². The molecule has 0 fully saturated rings. The van der Waals surface area contributed by atoms with Gasteiger partial charge in [0.2, 0.25) is 0 Å². The van der Waals surface area contributed by atoms with Crippen molar-refractivity contribution in [2.24, 2.45) is 7.05 Å². The largest absolute Gasteiger partial charge is 0.468 e. The van der Waals surface area contributed by atoms with Crippen molar-refractivity contribution in [3.63, 3.8) is 0 Å². The van der Waals surface area contributed by atoms with E-state index in [2.05, 4.69) is 31.1 Å². The molecule has 0 amide bonds. The van der Waals surface area contributed by atoms with Crippen molar-refractivity contribution in [3.8, 4) is 0 Å². The molecule has 0 saturated carbocycles. The molecule has 1 rings (SSSR count). The second-order valence-electron chi connectivity index (χ2n) is 3.15. The second kappa shape index (κ2) is 5.27. The van der Waals surface area contributed by atoms with Crippen LogP contribution in [0.2, 0.25) is 0 Å². The third-order valence-electron chi connectivity index (χ3n) is 2.05. The number of ether oxygens (including phenoxy) is 1. The van der Waals surface area contributed by atoms with Gasteiger partial charge >= 0.3 is 5.97 Å². The Kier molecular flexibility index (Phi) is 4.28. The first kappa shape index (κ1) is 12.2. The van der Waals surface area contributed by atoms with Crippen molar-refractivity contribution in [2.45, 2.75) is 13.5 Å². The van der Waals surface area contributed by atoms with E-state index in [-0.39, 0.29) is 12.5 Å². The van der Waals surface area contributed by atoms with Crippen LogP contribution in [0.4, 0.5) is 0 Å². The monoisotopic (exact) mass is 275 g/mol. The van der Waals surface area contributed by atoms with E-state index in [0.29, 0.717) is 6.54 Å². The zero-order chi connectivity index (χ0) is 11.4. The summed E-state index contributed by atoms with van der Waals surface area (Å²) < 4.78 is 7.27. The Morgan fingerprint density at radius 1 is 1.67 bits per heavy atom. The number of halogens is 1. The molecule has 0 radical (unpaired) electrons. The standard InChI is InChI=1S/C9H14BrN3O2/c1-6-9(10)7(13(2)12-6)4-11-5-8(14)15-3/h11H,4-5H2,1-3H3. The quantitative estimate of drug-likeness (QED) is 0.825. The highest BCUT2D eigenvalue weighted by Crippen LogP contribution is 2.19. The molecule has 0 aliphatic heterocycles. The van der Waals surface area contributed by atoms with Gasteiger partial charge in [0.1, 0.15) is 0 Å². The Bertz CT molecular complexity index is 362. The summed E-state index contributed by atoms with van der Waals surface area (Å²) in [4.78, 5) is 10.9. The lowest BCUT2D eigenvalue weighted by Gasteiger charge is -2.04. The van der Waals surface area contributed by atoms with Crippen LogP contribution in [0, 0.1) is 6.92 Å². The van der Waals surface area contributed by atoms with Crippen LogP contribution in [-0.4, -0.2) is 29.4 Å². The first-order chi connectivity index (χ1) is 7.06. The average Bonchev–Trinajstić information content (AvgIpc) is 2.44. The maximum Gasteiger partial charge on any atom is 0.319 e. The van der Waals surface area contributed by atoms with E-state index in [1.165, 1.54) is 7.11 Å². The molecular formula is C9H14BrN3O2. The smallest absolute Gasteiger partial charge is 0.319 e. The van der Waals surface area contributed by atoms with Gasteiger partial charge in [0.05, 0.1) is 29.5 Å². The summed E-state index contributed by atoms with van der Waals surface area (Å²) >= 11 is 3.45. The summed E-state index contributed by atoms with van der Waals surface area (Å²) in [5.74, 6) is -0.273. The lowest BCUT2D eigenvalue weighted by Crippen LogP contribution is -2.24. The number of nitrogens with zero attached hydrogens (tertiary/aromatic N) is 2. The molecule has 1 heterocycles. The first-order valence-corrected chi connectivity index (χ1v) is 5.31. The number of carbonyl (C=O) groups is 1. The summed E-state index contributed by atoms with van der Waals surface area (Å²) in [5, 5.41) is 7.22. The predicted octanol–water partition coefficient (Wildman–Crippen LogP) is 0.754. The van der Waals surface area contributed by atoms with Crippen molar-refractivity contribution in [2.75, 3.05) is 13.7 Å². The molecule has 0 spiro atoms. The van der Waals surface area contributed by atoms with Crippen LogP contribution < -0.4 is 5.32 Å². The maximum atomic E-state index is 10.9. The van der Waals surface area contributed by atoms with Crippen LogP contribution in [0.25, 0.3) is 0 Å². The van der Waals surface area contributed by atoms with Gasteiger partial charge in [-0.25, -0.2) is 0 Å². The molecule has 0 atom stereocenters. The number of nitrogens with one attached hydrogen (secondary N) is 1. The molecule has 0 aliphatic rings. The minimum absolute atomic E-state index is 0.202. The zero-order valence-electron chi connectivity index (χ0n) is 9.00. The number of rotatable bonds is 4. The SMILES string of the molecule is COC(=O)CNCc1c(Br)c(C)nn1C. The van der Waals surface area contributed by atoms with Crippen molar-refractivity contribution >= 4 is 21.9 Å². The van der Waals surface area contributed by atoms with E-state index < -0.39 is 0 Å². The molecule has 0 bridgehead atoms. The molecule has 0 aliphatic carbocycles. The summed E-state index contributed by atoms with van der Waals surface area (Å²) in [6.45, 7) is 2.70. The second-order valence-corrected chi connectivity index (χ2v) is 3.94. The fourth-order valence-corrected chi connectivity index (χ4v) is 1.70. The van der Waals surface area contributed by atoms with Crippen molar-refractivity contribution in [1.82, 2.24) is 15.1 Å². The third-order valence-corrected chi connectivity index (χ3v) is 3.08. The minimum atomic E-state index is -0.273. The van der Waals surface area contributed by atoms with E-state index >= 15 is 0 Å². The Hall–Kier alpha value is -0.880. The minimum Gasteiger partial charge on any atom is -0.468 e. The molecule has 0 saturated heterocycles. The molecule has 84 valence electrons. The maximum absolute atomic E-state index is 10.9. The molecular weight excluding hydrogens is 262 g/mol. The van der Waals surface area contributed by atoms with Gasteiger partial charge in [0.15, 0.2) is 0 Å². The number of carbonyl (C=O) groups excluding carboxylic acids is 1. The Morgan fingerprint density at radius 2 is 2.33 bits per heavy atom. The molecule has 0 unspecified atom stereocenters. The lowest BCUT2D eigenvalue weighted by atomic mass is 10.3. The Labute approximate surface area is 96.9 Å². The number of methoxy groups -OCH3 is 1. The van der Waals surface area contributed by atoms with Crippen molar-refractivity contribution < 1.29 is 9.53 Å². The third kappa shape index (κ3) is 3.04. The Balaban J connectivity index is 2.54.